The number of benzene rings is 2. The number of likely N-dealkylation sites (tertiary alicyclic amines) is 1. The van der Waals surface area contributed by atoms with Crippen LogP contribution in [0.2, 0.25) is 0 Å². The van der Waals surface area contributed by atoms with Gasteiger partial charge in [0.25, 0.3) is 0 Å². The number of amides is 1. The third-order valence-electron chi connectivity index (χ3n) is 5.37. The van der Waals surface area contributed by atoms with Crippen LogP contribution in [0, 0.1) is 0 Å². The molecule has 5 atom stereocenters. The van der Waals surface area contributed by atoms with Crippen molar-refractivity contribution < 1.29 is 28.6 Å². The number of carbonyl (C=O) groups excluding carboxylic acids is 1. The van der Waals surface area contributed by atoms with Crippen LogP contribution in [0.5, 0.6) is 0 Å². The molecule has 29 heavy (non-hydrogen) atoms. The van der Waals surface area contributed by atoms with Gasteiger partial charge in [0.1, 0.15) is 12.3 Å². The summed E-state index contributed by atoms with van der Waals surface area (Å²) in [7, 11) is -3.01. The first-order chi connectivity index (χ1) is 13.8. The SMILES string of the molecule is COP(=O)(O)C1C(O)C[C@H](c2ccccc2)N(C(=O)OCc2ccccc2)[C@H]1C. The van der Waals surface area contributed by atoms with Gasteiger partial charge in [-0.25, -0.2) is 4.79 Å². The zero-order chi connectivity index (χ0) is 21.0. The average molecular weight is 419 g/mol. The molecule has 1 aliphatic rings. The minimum atomic E-state index is -4.13. The molecule has 1 amide bonds. The van der Waals surface area contributed by atoms with E-state index in [9.17, 15) is 19.4 Å². The van der Waals surface area contributed by atoms with E-state index in [2.05, 4.69) is 0 Å². The fourth-order valence-electron chi connectivity index (χ4n) is 3.92. The second kappa shape index (κ2) is 9.09. The minimum absolute atomic E-state index is 0.0820. The van der Waals surface area contributed by atoms with E-state index in [0.29, 0.717) is 0 Å². The third kappa shape index (κ3) is 4.70. The van der Waals surface area contributed by atoms with E-state index >= 15 is 0 Å². The van der Waals surface area contributed by atoms with Gasteiger partial charge < -0.3 is 19.3 Å². The van der Waals surface area contributed by atoms with Gasteiger partial charge in [-0.3, -0.25) is 9.46 Å². The van der Waals surface area contributed by atoms with Gasteiger partial charge in [-0.2, -0.15) is 0 Å². The summed E-state index contributed by atoms with van der Waals surface area (Å²) in [5.74, 6) is 0. The van der Waals surface area contributed by atoms with Crippen molar-refractivity contribution in [1.82, 2.24) is 4.90 Å². The largest absolute Gasteiger partial charge is 0.445 e. The molecule has 1 heterocycles. The predicted octanol–water partition coefficient (Wildman–Crippen LogP) is 3.72. The van der Waals surface area contributed by atoms with Gasteiger partial charge in [-0.1, -0.05) is 60.7 Å². The first-order valence-corrected chi connectivity index (χ1v) is 11.1. The Morgan fingerprint density at radius 1 is 1.14 bits per heavy atom. The van der Waals surface area contributed by atoms with Crippen LogP contribution in [0.25, 0.3) is 0 Å². The number of aliphatic hydroxyl groups is 1. The van der Waals surface area contributed by atoms with Crippen molar-refractivity contribution in [3.05, 3.63) is 71.8 Å². The van der Waals surface area contributed by atoms with Crippen LogP contribution < -0.4 is 0 Å². The lowest BCUT2D eigenvalue weighted by Gasteiger charge is -2.47. The van der Waals surface area contributed by atoms with E-state index in [-0.39, 0.29) is 13.0 Å². The molecule has 3 unspecified atom stereocenters. The van der Waals surface area contributed by atoms with Crippen LogP contribution in [-0.2, 0) is 20.4 Å². The molecule has 0 radical (unpaired) electrons. The molecule has 7 nitrogen and oxygen atoms in total. The molecule has 156 valence electrons. The Morgan fingerprint density at radius 2 is 1.72 bits per heavy atom. The topological polar surface area (TPSA) is 96.3 Å². The summed E-state index contributed by atoms with van der Waals surface area (Å²) < 4.78 is 22.8. The fourth-order valence-corrected chi connectivity index (χ4v) is 5.41. The number of hydrogen-bond acceptors (Lipinski definition) is 5. The van der Waals surface area contributed by atoms with Gasteiger partial charge in [-0.15, -0.1) is 0 Å². The van der Waals surface area contributed by atoms with Crippen molar-refractivity contribution in [1.29, 1.82) is 0 Å². The smallest absolute Gasteiger partial charge is 0.410 e. The fraction of sp³-hybridized carbons (Fsp3) is 0.381. The highest BCUT2D eigenvalue weighted by molar-refractivity contribution is 7.53. The van der Waals surface area contributed by atoms with Gasteiger partial charge in [-0.05, 0) is 24.5 Å². The maximum atomic E-state index is 13.0. The molecule has 0 bridgehead atoms. The first kappa shape index (κ1) is 21.5. The molecular formula is C21H26NO6P. The summed E-state index contributed by atoms with van der Waals surface area (Å²) in [6, 6.07) is 17.3. The lowest BCUT2D eigenvalue weighted by molar-refractivity contribution is -0.00301. The zero-order valence-corrected chi connectivity index (χ0v) is 17.3. The molecule has 2 aromatic rings. The van der Waals surface area contributed by atoms with Gasteiger partial charge in [0.05, 0.1) is 12.1 Å². The summed E-state index contributed by atoms with van der Waals surface area (Å²) >= 11 is 0. The second-order valence-electron chi connectivity index (χ2n) is 7.15. The van der Waals surface area contributed by atoms with Crippen molar-refractivity contribution in [3.63, 3.8) is 0 Å². The van der Waals surface area contributed by atoms with Crippen molar-refractivity contribution >= 4 is 13.7 Å². The number of aliphatic hydroxyl groups excluding tert-OH is 1. The van der Waals surface area contributed by atoms with Gasteiger partial charge in [0, 0.05) is 13.2 Å². The van der Waals surface area contributed by atoms with Crippen LogP contribution >= 0.6 is 7.60 Å². The number of hydrogen-bond donors (Lipinski definition) is 2. The van der Waals surface area contributed by atoms with Crippen LogP contribution in [0.1, 0.15) is 30.5 Å². The number of piperidine rings is 1. The minimum Gasteiger partial charge on any atom is -0.445 e. The van der Waals surface area contributed by atoms with Crippen LogP contribution in [0.15, 0.2) is 60.7 Å². The Balaban J connectivity index is 1.90. The van der Waals surface area contributed by atoms with Gasteiger partial charge >= 0.3 is 13.7 Å². The average Bonchev–Trinajstić information content (AvgIpc) is 2.73. The number of carbonyl (C=O) groups is 1. The Labute approximate surface area is 170 Å². The van der Waals surface area contributed by atoms with E-state index in [1.807, 2.05) is 60.7 Å². The van der Waals surface area contributed by atoms with Crippen LogP contribution in [0.3, 0.4) is 0 Å². The summed E-state index contributed by atoms with van der Waals surface area (Å²) in [4.78, 5) is 24.7. The monoisotopic (exact) mass is 419 g/mol. The molecular weight excluding hydrogens is 393 g/mol. The highest BCUT2D eigenvalue weighted by Gasteiger charge is 2.51. The zero-order valence-electron chi connectivity index (χ0n) is 16.4. The number of rotatable bonds is 5. The van der Waals surface area contributed by atoms with Crippen LogP contribution in [0.4, 0.5) is 4.79 Å². The predicted molar refractivity (Wildman–Crippen MR) is 108 cm³/mol. The Morgan fingerprint density at radius 3 is 2.31 bits per heavy atom. The van der Waals surface area contributed by atoms with Crippen LogP contribution in [-0.4, -0.2) is 45.9 Å². The summed E-state index contributed by atoms with van der Waals surface area (Å²) in [6.07, 6.45) is -1.61. The Kier molecular flexibility index (Phi) is 6.75. The van der Waals surface area contributed by atoms with Crippen molar-refractivity contribution in [3.8, 4) is 0 Å². The highest BCUT2D eigenvalue weighted by Crippen LogP contribution is 2.54. The molecule has 1 saturated heterocycles. The molecule has 0 saturated carbocycles. The molecule has 0 aliphatic carbocycles. The number of ether oxygens (including phenoxy) is 1. The molecule has 3 rings (SSSR count). The summed E-state index contributed by atoms with van der Waals surface area (Å²) in [6.45, 7) is 1.72. The molecule has 2 N–H and O–H groups in total. The highest BCUT2D eigenvalue weighted by atomic mass is 31.2. The maximum Gasteiger partial charge on any atom is 0.410 e. The molecule has 0 spiro atoms. The first-order valence-electron chi connectivity index (χ1n) is 9.45. The van der Waals surface area contributed by atoms with E-state index in [4.69, 9.17) is 9.26 Å². The van der Waals surface area contributed by atoms with Crippen molar-refractivity contribution in [2.45, 2.75) is 43.8 Å². The van der Waals surface area contributed by atoms with Crippen molar-refractivity contribution in [2.75, 3.05) is 7.11 Å². The lowest BCUT2D eigenvalue weighted by atomic mass is 9.89. The Hall–Kier alpha value is -2.18. The standard InChI is InChI=1S/C21H26NO6P/c1-15-20(29(25,26)27-2)19(23)13-18(17-11-7-4-8-12-17)22(15)21(24)28-14-16-9-5-3-6-10-16/h3-12,15,18-20,23H,13-14H2,1-2H3,(H,25,26)/t15-,18+,19?,20?/m0/s1. The van der Waals surface area contributed by atoms with Gasteiger partial charge in [0.2, 0.25) is 0 Å². The van der Waals surface area contributed by atoms with E-state index in [0.717, 1.165) is 18.2 Å². The molecule has 1 fully saturated rings. The second-order valence-corrected chi connectivity index (χ2v) is 9.24. The summed E-state index contributed by atoms with van der Waals surface area (Å²) in [5, 5.41) is 10.7. The van der Waals surface area contributed by atoms with Crippen molar-refractivity contribution in [2.24, 2.45) is 0 Å². The molecule has 2 aromatic carbocycles. The quantitative estimate of drug-likeness (QED) is 0.717. The molecule has 8 heteroatoms. The number of nitrogens with zero attached hydrogens (tertiary/aromatic N) is 1. The lowest BCUT2D eigenvalue weighted by Crippen LogP contribution is -2.56. The molecule has 1 aliphatic heterocycles. The van der Waals surface area contributed by atoms with Gasteiger partial charge in [0.15, 0.2) is 0 Å². The Bertz CT molecular complexity index is 862. The summed E-state index contributed by atoms with van der Waals surface area (Å²) in [5.41, 5.74) is 0.526. The third-order valence-corrected chi connectivity index (χ3v) is 7.42. The van der Waals surface area contributed by atoms with E-state index < -0.39 is 37.5 Å². The molecule has 0 aromatic heterocycles. The maximum absolute atomic E-state index is 13.0. The normalized spacial score (nSPS) is 26.6. The van der Waals surface area contributed by atoms with E-state index in [1.54, 1.807) is 6.92 Å². The van der Waals surface area contributed by atoms with E-state index in [1.165, 1.54) is 4.90 Å².